The van der Waals surface area contributed by atoms with Gasteiger partial charge in [-0.15, -0.1) is 0 Å². The van der Waals surface area contributed by atoms with Crippen LogP contribution in [-0.4, -0.2) is 74.1 Å². The van der Waals surface area contributed by atoms with Crippen LogP contribution in [0.5, 0.6) is 0 Å². The lowest BCUT2D eigenvalue weighted by molar-refractivity contribution is 0.0636. The second-order valence-corrected chi connectivity index (χ2v) is 11.1. The molecule has 1 aromatic carbocycles. The average Bonchev–Trinajstić information content (AvgIpc) is 3.40. The number of carbonyl (C=O) groups is 3. The summed E-state index contributed by atoms with van der Waals surface area (Å²) in [5.74, 6) is -2.00. The van der Waals surface area contributed by atoms with Crippen molar-refractivity contribution in [3.8, 4) is 10.6 Å². The maximum absolute atomic E-state index is 14.5. The molecule has 3 N–H and O–H groups in total. The van der Waals surface area contributed by atoms with Crippen LogP contribution in [0, 0.1) is 11.6 Å². The molecule has 4 rings (SSSR count). The number of hydrogen-bond donors (Lipinski definition) is 3. The van der Waals surface area contributed by atoms with Crippen LogP contribution in [0.1, 0.15) is 38.2 Å². The fourth-order valence-corrected chi connectivity index (χ4v) is 5.27. The van der Waals surface area contributed by atoms with E-state index in [4.69, 9.17) is 4.74 Å². The van der Waals surface area contributed by atoms with Crippen molar-refractivity contribution in [1.29, 1.82) is 0 Å². The number of carbonyl (C=O) groups excluding carboxylic acids is 2. The van der Waals surface area contributed by atoms with Crippen LogP contribution in [0.4, 0.5) is 34.9 Å². The molecule has 1 unspecified atom stereocenters. The van der Waals surface area contributed by atoms with E-state index in [1.165, 1.54) is 17.2 Å². The first kappa shape index (κ1) is 28.7. The molecular weight excluding hydrogens is 548 g/mol. The molecule has 40 heavy (non-hydrogen) atoms. The number of benzene rings is 1. The van der Waals surface area contributed by atoms with Gasteiger partial charge in [0.1, 0.15) is 32.9 Å². The summed E-state index contributed by atoms with van der Waals surface area (Å²) in [6.45, 7) is 7.73. The lowest BCUT2D eigenvalue weighted by Gasteiger charge is -2.39. The first-order chi connectivity index (χ1) is 18.7. The lowest BCUT2D eigenvalue weighted by Crippen LogP contribution is -2.54. The second-order valence-electron chi connectivity index (χ2n) is 10.2. The van der Waals surface area contributed by atoms with Crippen molar-refractivity contribution >= 4 is 45.9 Å². The predicted octanol–water partition coefficient (Wildman–Crippen LogP) is 4.61. The summed E-state index contributed by atoms with van der Waals surface area (Å²) in [5, 5.41) is 18.6. The minimum Gasteiger partial charge on any atom is -0.465 e. The molecule has 3 heterocycles. The first-order valence-corrected chi connectivity index (χ1v) is 13.1. The Balaban J connectivity index is 1.66. The Hall–Kier alpha value is -4.27. The van der Waals surface area contributed by atoms with Gasteiger partial charge in [0.25, 0.3) is 5.91 Å². The molecule has 1 aliphatic rings. The number of halogens is 2. The number of rotatable bonds is 5. The molecule has 0 spiro atoms. The quantitative estimate of drug-likeness (QED) is 0.399. The fraction of sp³-hybridized carbons (Fsp3) is 0.400. The van der Waals surface area contributed by atoms with Crippen LogP contribution >= 0.6 is 11.3 Å². The van der Waals surface area contributed by atoms with Crippen LogP contribution in [0.2, 0.25) is 0 Å². The highest BCUT2D eigenvalue weighted by Gasteiger charge is 2.31. The Morgan fingerprint density at radius 3 is 2.42 bits per heavy atom. The van der Waals surface area contributed by atoms with Crippen LogP contribution in [0.3, 0.4) is 0 Å². The summed E-state index contributed by atoms with van der Waals surface area (Å²) in [6.07, 6.45) is -0.467. The molecule has 1 saturated heterocycles. The molecule has 3 aromatic rings. The number of thiazole rings is 1. The van der Waals surface area contributed by atoms with Crippen molar-refractivity contribution < 1.29 is 33.0 Å². The number of aryl methyl sites for hydroxylation is 1. The highest BCUT2D eigenvalue weighted by molar-refractivity contribution is 7.19. The Labute approximate surface area is 232 Å². The molecule has 2 aromatic heterocycles. The number of piperazine rings is 1. The normalized spacial score (nSPS) is 15.6. The van der Waals surface area contributed by atoms with Crippen LogP contribution in [0.25, 0.3) is 10.6 Å². The third kappa shape index (κ3) is 6.14. The molecular formula is C25H29F2N7O5S. The minimum absolute atomic E-state index is 0.0708. The molecule has 0 radical (unpaired) electrons. The Morgan fingerprint density at radius 1 is 1.15 bits per heavy atom. The monoisotopic (exact) mass is 577 g/mol. The van der Waals surface area contributed by atoms with Crippen molar-refractivity contribution in [1.82, 2.24) is 19.7 Å². The van der Waals surface area contributed by atoms with Crippen LogP contribution in [-0.2, 0) is 11.8 Å². The van der Waals surface area contributed by atoms with E-state index in [9.17, 15) is 28.3 Å². The van der Waals surface area contributed by atoms with Gasteiger partial charge in [-0.1, -0.05) is 17.4 Å². The topological polar surface area (TPSA) is 142 Å². The third-order valence-corrected chi connectivity index (χ3v) is 6.95. The molecule has 1 fully saturated rings. The molecule has 0 saturated carbocycles. The number of anilines is 3. The van der Waals surface area contributed by atoms with Crippen molar-refractivity contribution in [2.75, 3.05) is 35.2 Å². The number of carboxylic acid groups (broad SMARTS) is 1. The molecule has 15 heteroatoms. The molecule has 0 aliphatic carbocycles. The highest BCUT2D eigenvalue weighted by atomic mass is 32.1. The largest absolute Gasteiger partial charge is 0.465 e. The van der Waals surface area contributed by atoms with Gasteiger partial charge < -0.3 is 25.0 Å². The van der Waals surface area contributed by atoms with Gasteiger partial charge in [-0.25, -0.2) is 23.4 Å². The number of aromatic nitrogens is 3. The fourth-order valence-electron chi connectivity index (χ4n) is 4.27. The molecule has 1 aliphatic heterocycles. The molecule has 214 valence electrons. The van der Waals surface area contributed by atoms with Crippen molar-refractivity contribution in [2.45, 2.75) is 39.3 Å². The van der Waals surface area contributed by atoms with E-state index >= 15 is 0 Å². The molecule has 12 nitrogen and oxygen atoms in total. The van der Waals surface area contributed by atoms with Crippen molar-refractivity contribution in [2.24, 2.45) is 7.05 Å². The zero-order valence-corrected chi connectivity index (χ0v) is 23.3. The standard InChI is InChI=1S/C25H29F2N7O5S/c1-13-12-33(9-10-34(13)24(37)38)22-16(11-28-32(22)5)29-19(35)18-21(31-23(36)39-25(2,3)4)40-20(30-18)17-14(26)7-6-8-15(17)27/h6-8,11,13H,9-10,12H2,1-5H3,(H,29,35)(H,31,36)(H,37,38). The second kappa shape index (κ2) is 11.1. The smallest absolute Gasteiger partial charge is 0.412 e. The Morgan fingerprint density at radius 2 is 1.82 bits per heavy atom. The van der Waals surface area contributed by atoms with Gasteiger partial charge >= 0.3 is 12.2 Å². The Bertz CT molecular complexity index is 1430. The van der Waals surface area contributed by atoms with Crippen molar-refractivity contribution in [3.63, 3.8) is 0 Å². The number of nitrogens with zero attached hydrogens (tertiary/aromatic N) is 5. The van der Waals surface area contributed by atoms with Crippen LogP contribution < -0.4 is 15.5 Å². The highest BCUT2D eigenvalue weighted by Crippen LogP contribution is 2.36. The molecule has 3 amide bonds. The van der Waals surface area contributed by atoms with Gasteiger partial charge in [0.2, 0.25) is 0 Å². The van der Waals surface area contributed by atoms with E-state index in [-0.39, 0.29) is 28.3 Å². The first-order valence-electron chi connectivity index (χ1n) is 12.3. The predicted molar refractivity (Wildman–Crippen MR) is 145 cm³/mol. The third-order valence-electron chi connectivity index (χ3n) is 5.96. The van der Waals surface area contributed by atoms with Crippen molar-refractivity contribution in [3.05, 3.63) is 41.7 Å². The lowest BCUT2D eigenvalue weighted by atomic mass is 10.2. The van der Waals surface area contributed by atoms with E-state index < -0.39 is 40.9 Å². The minimum atomic E-state index is -1.01. The summed E-state index contributed by atoms with van der Waals surface area (Å²) in [6, 6.07) is 3.02. The number of hydrogen-bond acceptors (Lipinski definition) is 8. The Kier molecular flexibility index (Phi) is 7.95. The summed E-state index contributed by atoms with van der Waals surface area (Å²) in [5.41, 5.74) is -1.26. The average molecular weight is 578 g/mol. The zero-order chi connectivity index (χ0) is 29.4. The summed E-state index contributed by atoms with van der Waals surface area (Å²) in [4.78, 5) is 44.9. The van der Waals surface area contributed by atoms with E-state index in [0.29, 0.717) is 24.6 Å². The van der Waals surface area contributed by atoms with E-state index in [0.717, 1.165) is 23.5 Å². The summed E-state index contributed by atoms with van der Waals surface area (Å²) in [7, 11) is 1.68. The zero-order valence-electron chi connectivity index (χ0n) is 22.5. The number of amides is 3. The maximum Gasteiger partial charge on any atom is 0.412 e. The van der Waals surface area contributed by atoms with Gasteiger partial charge in [-0.2, -0.15) is 5.10 Å². The van der Waals surface area contributed by atoms with Gasteiger partial charge in [0, 0.05) is 32.7 Å². The SMILES string of the molecule is CC1CN(c2c(NC(=O)c3nc(-c4c(F)cccc4F)sc3NC(=O)OC(C)(C)C)cnn2C)CCN1C(=O)O. The van der Waals surface area contributed by atoms with Gasteiger partial charge in [-0.3, -0.25) is 14.8 Å². The summed E-state index contributed by atoms with van der Waals surface area (Å²) < 4.78 is 35.9. The van der Waals surface area contributed by atoms with Crippen LogP contribution in [0.15, 0.2) is 24.4 Å². The molecule has 1 atom stereocenters. The van der Waals surface area contributed by atoms with E-state index in [2.05, 4.69) is 20.7 Å². The van der Waals surface area contributed by atoms with Gasteiger partial charge in [-0.05, 0) is 39.8 Å². The van der Waals surface area contributed by atoms with Gasteiger partial charge in [0.15, 0.2) is 11.5 Å². The molecule has 0 bridgehead atoms. The number of ether oxygens (including phenoxy) is 1. The van der Waals surface area contributed by atoms with E-state index in [1.807, 2.05) is 4.90 Å². The van der Waals surface area contributed by atoms with E-state index in [1.54, 1.807) is 39.4 Å². The number of nitrogens with one attached hydrogen (secondary N) is 2. The maximum atomic E-state index is 14.5. The summed E-state index contributed by atoms with van der Waals surface area (Å²) >= 11 is 0.719. The van der Waals surface area contributed by atoms with Gasteiger partial charge in [0.05, 0.1) is 11.8 Å².